The van der Waals surface area contributed by atoms with Gasteiger partial charge < -0.3 is 10.2 Å². The fourth-order valence-corrected chi connectivity index (χ4v) is 3.80. The molecule has 0 saturated heterocycles. The number of hydrogen-bond donors (Lipinski definition) is 1. The van der Waals surface area contributed by atoms with Crippen LogP contribution in [0.1, 0.15) is 28.8 Å². The summed E-state index contributed by atoms with van der Waals surface area (Å²) in [5, 5.41) is 6.49. The molecule has 2 heterocycles. The fraction of sp³-hybridized carbons (Fsp3) is 0.500. The molecule has 0 aliphatic heterocycles. The maximum atomic E-state index is 4.81. The van der Waals surface area contributed by atoms with Crippen LogP contribution in [0.4, 0.5) is 5.13 Å². The van der Waals surface area contributed by atoms with Crippen molar-refractivity contribution < 1.29 is 0 Å². The van der Waals surface area contributed by atoms with E-state index in [1.54, 1.807) is 11.3 Å². The molecule has 2 aromatic heterocycles. The van der Waals surface area contributed by atoms with Crippen molar-refractivity contribution in [1.82, 2.24) is 10.3 Å². The third-order valence-corrected chi connectivity index (χ3v) is 4.96. The van der Waals surface area contributed by atoms with Gasteiger partial charge in [0, 0.05) is 23.3 Å². The third-order valence-electron chi connectivity index (χ3n) is 2.89. The van der Waals surface area contributed by atoms with E-state index in [2.05, 4.69) is 41.7 Å². The lowest BCUT2D eigenvalue weighted by Crippen LogP contribution is -2.15. The second kappa shape index (κ2) is 7.03. The van der Waals surface area contributed by atoms with Crippen molar-refractivity contribution in [3.05, 3.63) is 33.0 Å². The van der Waals surface area contributed by atoms with E-state index in [-0.39, 0.29) is 0 Å². The molecule has 0 radical (unpaired) electrons. The molecular weight excluding hydrogens is 274 g/mol. The molecule has 3 nitrogen and oxygen atoms in total. The minimum Gasteiger partial charge on any atom is -0.346 e. The Morgan fingerprint density at radius 1 is 1.42 bits per heavy atom. The first-order chi connectivity index (χ1) is 9.24. The van der Waals surface area contributed by atoms with Crippen molar-refractivity contribution in [1.29, 1.82) is 0 Å². The maximum Gasteiger partial charge on any atom is 0.185 e. The molecule has 104 valence electrons. The van der Waals surface area contributed by atoms with Gasteiger partial charge in [-0.1, -0.05) is 19.4 Å². The molecule has 2 aromatic rings. The van der Waals surface area contributed by atoms with Gasteiger partial charge in [-0.15, -0.1) is 22.7 Å². The van der Waals surface area contributed by atoms with Crippen LogP contribution in [0, 0.1) is 0 Å². The van der Waals surface area contributed by atoms with Crippen molar-refractivity contribution in [2.45, 2.75) is 32.9 Å². The highest BCUT2D eigenvalue weighted by atomic mass is 32.1. The van der Waals surface area contributed by atoms with E-state index in [1.807, 2.05) is 18.4 Å². The first-order valence-electron chi connectivity index (χ1n) is 6.61. The summed E-state index contributed by atoms with van der Waals surface area (Å²) in [4.78, 5) is 9.81. The first kappa shape index (κ1) is 14.5. The van der Waals surface area contributed by atoms with Crippen molar-refractivity contribution in [2.75, 3.05) is 19.0 Å². The number of hydrogen-bond acceptors (Lipinski definition) is 5. The molecular formula is C14H21N3S2. The number of rotatable bonds is 7. The Labute approximate surface area is 123 Å². The summed E-state index contributed by atoms with van der Waals surface area (Å²) < 4.78 is 0. The van der Waals surface area contributed by atoms with Gasteiger partial charge in [-0.3, -0.25) is 0 Å². The van der Waals surface area contributed by atoms with Gasteiger partial charge in [0.1, 0.15) is 0 Å². The Hall–Kier alpha value is -0.910. The maximum absolute atomic E-state index is 4.81. The van der Waals surface area contributed by atoms with Gasteiger partial charge in [-0.2, -0.15) is 0 Å². The van der Waals surface area contributed by atoms with Crippen molar-refractivity contribution >= 4 is 27.8 Å². The number of anilines is 1. The predicted octanol–water partition coefficient (Wildman–Crippen LogP) is 3.51. The molecule has 2 rings (SSSR count). The molecule has 0 atom stereocenters. The molecule has 0 bridgehead atoms. The Balaban J connectivity index is 2.12. The molecule has 1 N–H and O–H groups in total. The molecule has 0 saturated carbocycles. The average Bonchev–Trinajstić information content (AvgIpc) is 3.01. The second-order valence-corrected chi connectivity index (χ2v) is 6.68. The van der Waals surface area contributed by atoms with E-state index in [0.29, 0.717) is 0 Å². The van der Waals surface area contributed by atoms with Crippen LogP contribution in [0.3, 0.4) is 0 Å². The number of thiophene rings is 1. The quantitative estimate of drug-likeness (QED) is 0.847. The van der Waals surface area contributed by atoms with E-state index in [0.717, 1.165) is 31.1 Å². The van der Waals surface area contributed by atoms with E-state index in [9.17, 15) is 0 Å². The van der Waals surface area contributed by atoms with Crippen LogP contribution >= 0.6 is 22.7 Å². The van der Waals surface area contributed by atoms with Crippen LogP contribution in [-0.2, 0) is 19.5 Å². The van der Waals surface area contributed by atoms with Gasteiger partial charge in [0.15, 0.2) is 5.13 Å². The van der Waals surface area contributed by atoms with Crippen LogP contribution in [0.25, 0.3) is 0 Å². The minimum absolute atomic E-state index is 0.917. The Kier molecular flexibility index (Phi) is 5.36. The topological polar surface area (TPSA) is 28.2 Å². The normalized spacial score (nSPS) is 10.9. The highest BCUT2D eigenvalue weighted by Gasteiger charge is 2.13. The molecule has 0 aliphatic rings. The van der Waals surface area contributed by atoms with E-state index in [4.69, 9.17) is 4.98 Å². The largest absolute Gasteiger partial charge is 0.346 e. The lowest BCUT2D eigenvalue weighted by molar-refractivity contribution is 0.796. The summed E-state index contributed by atoms with van der Waals surface area (Å²) >= 11 is 3.61. The summed E-state index contributed by atoms with van der Waals surface area (Å²) in [7, 11) is 4.11. The monoisotopic (exact) mass is 295 g/mol. The van der Waals surface area contributed by atoms with Crippen LogP contribution in [0.5, 0.6) is 0 Å². The number of aromatic nitrogens is 1. The number of aryl methyl sites for hydroxylation is 1. The first-order valence-corrected chi connectivity index (χ1v) is 8.31. The summed E-state index contributed by atoms with van der Waals surface area (Å²) in [6.07, 6.45) is 2.22. The van der Waals surface area contributed by atoms with Gasteiger partial charge in [0.2, 0.25) is 0 Å². The lowest BCUT2D eigenvalue weighted by Gasteiger charge is -2.14. The summed E-state index contributed by atoms with van der Waals surface area (Å²) in [5.74, 6) is 0. The molecule has 5 heteroatoms. The molecule has 0 spiro atoms. The third kappa shape index (κ3) is 3.78. The summed E-state index contributed by atoms with van der Waals surface area (Å²) in [6, 6.07) is 4.28. The minimum atomic E-state index is 0.917. The van der Waals surface area contributed by atoms with Gasteiger partial charge in [0.25, 0.3) is 0 Å². The van der Waals surface area contributed by atoms with Crippen molar-refractivity contribution in [2.24, 2.45) is 0 Å². The Bertz CT molecular complexity index is 467. The zero-order valence-electron chi connectivity index (χ0n) is 11.8. The predicted molar refractivity (Wildman–Crippen MR) is 85.3 cm³/mol. The Morgan fingerprint density at radius 2 is 2.26 bits per heavy atom. The van der Waals surface area contributed by atoms with Crippen LogP contribution in [-0.4, -0.2) is 19.1 Å². The van der Waals surface area contributed by atoms with Crippen molar-refractivity contribution in [3.63, 3.8) is 0 Å². The van der Waals surface area contributed by atoms with E-state index >= 15 is 0 Å². The van der Waals surface area contributed by atoms with Gasteiger partial charge in [-0.05, 0) is 24.9 Å². The molecule has 0 unspecified atom stereocenters. The molecule has 0 amide bonds. The molecule has 19 heavy (non-hydrogen) atoms. The zero-order valence-corrected chi connectivity index (χ0v) is 13.4. The molecule has 0 aromatic carbocycles. The second-order valence-electron chi connectivity index (χ2n) is 4.58. The smallest absolute Gasteiger partial charge is 0.185 e. The van der Waals surface area contributed by atoms with Crippen molar-refractivity contribution in [3.8, 4) is 0 Å². The SMILES string of the molecule is CCCc1nc(N(C)Cc2cccs2)sc1CNC. The van der Waals surface area contributed by atoms with E-state index in [1.165, 1.54) is 15.4 Å². The van der Waals surface area contributed by atoms with Gasteiger partial charge in [0.05, 0.1) is 12.2 Å². The van der Waals surface area contributed by atoms with Crippen LogP contribution in [0.2, 0.25) is 0 Å². The number of nitrogens with one attached hydrogen (secondary N) is 1. The number of thiazole rings is 1. The summed E-state index contributed by atoms with van der Waals surface area (Å²) in [6.45, 7) is 4.06. The molecule has 0 fully saturated rings. The average molecular weight is 295 g/mol. The van der Waals surface area contributed by atoms with Crippen LogP contribution < -0.4 is 10.2 Å². The highest BCUT2D eigenvalue weighted by Crippen LogP contribution is 2.28. The fourth-order valence-electron chi connectivity index (χ4n) is 1.97. The standard InChI is InChI=1S/C14H21N3S2/c1-4-6-12-13(9-15-2)19-14(16-12)17(3)10-11-7-5-8-18-11/h5,7-8,15H,4,6,9-10H2,1-3H3. The molecule has 0 aliphatic carbocycles. The van der Waals surface area contributed by atoms with Crippen LogP contribution in [0.15, 0.2) is 17.5 Å². The van der Waals surface area contributed by atoms with E-state index < -0.39 is 0 Å². The zero-order chi connectivity index (χ0) is 13.7. The van der Waals surface area contributed by atoms with Gasteiger partial charge in [-0.25, -0.2) is 4.98 Å². The number of nitrogens with zero attached hydrogens (tertiary/aromatic N) is 2. The Morgan fingerprint density at radius 3 is 2.89 bits per heavy atom. The highest BCUT2D eigenvalue weighted by molar-refractivity contribution is 7.15. The van der Waals surface area contributed by atoms with Gasteiger partial charge >= 0.3 is 0 Å². The lowest BCUT2D eigenvalue weighted by atomic mass is 10.2. The summed E-state index contributed by atoms with van der Waals surface area (Å²) in [5.41, 5.74) is 1.26.